The van der Waals surface area contributed by atoms with E-state index in [1.165, 1.54) is 62.0 Å². The molecule has 0 N–H and O–H groups in total. The van der Waals surface area contributed by atoms with E-state index < -0.39 is 0 Å². The Bertz CT molecular complexity index is 614. The van der Waals surface area contributed by atoms with Crippen molar-refractivity contribution >= 4 is 15.9 Å². The molecule has 0 saturated carbocycles. The first kappa shape index (κ1) is 16.7. The zero-order valence-corrected chi connectivity index (χ0v) is 15.6. The van der Waals surface area contributed by atoms with Gasteiger partial charge in [0.15, 0.2) is 0 Å². The minimum absolute atomic E-state index is 0.630. The van der Waals surface area contributed by atoms with E-state index in [0.717, 1.165) is 4.47 Å². The molecule has 1 aliphatic rings. The van der Waals surface area contributed by atoms with Crippen molar-refractivity contribution in [1.82, 2.24) is 4.90 Å². The topological polar surface area (TPSA) is 3.24 Å². The second-order valence-electron chi connectivity index (χ2n) is 6.69. The van der Waals surface area contributed by atoms with E-state index in [9.17, 15) is 0 Å². The highest BCUT2D eigenvalue weighted by Crippen LogP contribution is 2.29. The number of hydrogen-bond donors (Lipinski definition) is 0. The van der Waals surface area contributed by atoms with Gasteiger partial charge in [-0.05, 0) is 67.6 Å². The number of nitrogens with zero attached hydrogens (tertiary/aromatic N) is 1. The first-order chi connectivity index (χ1) is 11.2. The Morgan fingerprint density at radius 3 is 2.35 bits per heavy atom. The molecule has 0 bridgehead atoms. The van der Waals surface area contributed by atoms with Crippen LogP contribution in [0.3, 0.4) is 0 Å². The summed E-state index contributed by atoms with van der Waals surface area (Å²) in [4.78, 5) is 2.63. The van der Waals surface area contributed by atoms with E-state index in [2.05, 4.69) is 76.3 Å². The van der Waals surface area contributed by atoms with Crippen molar-refractivity contribution in [2.75, 3.05) is 19.6 Å². The van der Waals surface area contributed by atoms with E-state index in [-0.39, 0.29) is 0 Å². The maximum atomic E-state index is 3.64. The lowest BCUT2D eigenvalue weighted by Crippen LogP contribution is -2.31. The molecule has 0 aromatic heterocycles. The van der Waals surface area contributed by atoms with E-state index in [4.69, 9.17) is 0 Å². The largest absolute Gasteiger partial charge is 0.303 e. The second kappa shape index (κ2) is 8.12. The first-order valence-corrected chi connectivity index (χ1v) is 9.60. The van der Waals surface area contributed by atoms with Crippen LogP contribution in [0.5, 0.6) is 0 Å². The molecule has 1 nitrogen and oxygen atoms in total. The van der Waals surface area contributed by atoms with Gasteiger partial charge in [-0.2, -0.15) is 0 Å². The lowest BCUT2D eigenvalue weighted by molar-refractivity contribution is 0.222. The number of halogens is 1. The second-order valence-corrected chi connectivity index (χ2v) is 7.55. The molecule has 1 fully saturated rings. The molecular weight excluding hydrogens is 346 g/mol. The molecule has 1 atom stereocenters. The summed E-state index contributed by atoms with van der Waals surface area (Å²) in [5.74, 6) is 0.630. The number of benzene rings is 2. The van der Waals surface area contributed by atoms with Crippen molar-refractivity contribution in [3.63, 3.8) is 0 Å². The van der Waals surface area contributed by atoms with Gasteiger partial charge in [-0.3, -0.25) is 0 Å². The Morgan fingerprint density at radius 2 is 1.65 bits per heavy atom. The highest BCUT2D eigenvalue weighted by atomic mass is 79.9. The van der Waals surface area contributed by atoms with Gasteiger partial charge in [0.25, 0.3) is 0 Å². The van der Waals surface area contributed by atoms with Gasteiger partial charge in [-0.25, -0.2) is 0 Å². The number of rotatable bonds is 5. The van der Waals surface area contributed by atoms with Crippen LogP contribution in [0.4, 0.5) is 0 Å². The van der Waals surface area contributed by atoms with Gasteiger partial charge in [0, 0.05) is 4.47 Å². The molecule has 0 spiro atoms. The summed E-state index contributed by atoms with van der Waals surface area (Å²) in [6.07, 6.45) is 5.45. The molecule has 1 aliphatic heterocycles. The van der Waals surface area contributed by atoms with Gasteiger partial charge in [0.1, 0.15) is 0 Å². The molecular formula is C21H26BrN. The van der Waals surface area contributed by atoms with Crippen LogP contribution in [0.1, 0.15) is 44.1 Å². The van der Waals surface area contributed by atoms with Crippen LogP contribution in [-0.4, -0.2) is 24.5 Å². The third kappa shape index (κ3) is 4.45. The van der Waals surface area contributed by atoms with E-state index in [1.807, 2.05) is 0 Å². The molecule has 1 saturated heterocycles. The van der Waals surface area contributed by atoms with Crippen molar-refractivity contribution in [2.45, 2.75) is 38.5 Å². The van der Waals surface area contributed by atoms with Crippen LogP contribution in [-0.2, 0) is 0 Å². The lowest BCUT2D eigenvalue weighted by atomic mass is 9.95. The van der Waals surface area contributed by atoms with Crippen molar-refractivity contribution in [2.24, 2.45) is 0 Å². The lowest BCUT2D eigenvalue weighted by Gasteiger charge is -2.27. The standard InChI is InChI=1S/C21H26BrN/c1-17(13-16-23-14-5-2-6-15-23)18-9-11-19(12-10-18)20-7-3-4-8-21(20)22/h3-4,7-12,17H,2,5-6,13-16H2,1H3. The molecule has 1 unspecified atom stereocenters. The van der Waals surface area contributed by atoms with E-state index >= 15 is 0 Å². The molecule has 2 heteroatoms. The molecule has 122 valence electrons. The minimum atomic E-state index is 0.630. The molecule has 23 heavy (non-hydrogen) atoms. The van der Waals surface area contributed by atoms with Crippen LogP contribution < -0.4 is 0 Å². The Kier molecular flexibility index (Phi) is 5.91. The zero-order valence-electron chi connectivity index (χ0n) is 14.0. The molecule has 0 radical (unpaired) electrons. The Hall–Kier alpha value is -1.12. The Balaban J connectivity index is 1.61. The minimum Gasteiger partial charge on any atom is -0.303 e. The van der Waals surface area contributed by atoms with E-state index in [1.54, 1.807) is 0 Å². The maximum Gasteiger partial charge on any atom is 0.0253 e. The summed E-state index contributed by atoms with van der Waals surface area (Å²) in [6, 6.07) is 17.5. The van der Waals surface area contributed by atoms with Crippen molar-refractivity contribution in [3.8, 4) is 11.1 Å². The monoisotopic (exact) mass is 371 g/mol. The predicted octanol–water partition coefficient (Wildman–Crippen LogP) is 6.10. The highest BCUT2D eigenvalue weighted by molar-refractivity contribution is 9.10. The average molecular weight is 372 g/mol. The highest BCUT2D eigenvalue weighted by Gasteiger charge is 2.12. The number of piperidine rings is 1. The Labute approximate surface area is 148 Å². The molecule has 0 aliphatic carbocycles. The average Bonchev–Trinajstić information content (AvgIpc) is 2.61. The van der Waals surface area contributed by atoms with E-state index in [0.29, 0.717) is 5.92 Å². The predicted molar refractivity (Wildman–Crippen MR) is 103 cm³/mol. The fourth-order valence-electron chi connectivity index (χ4n) is 3.41. The Morgan fingerprint density at radius 1 is 0.957 bits per heavy atom. The van der Waals surface area contributed by atoms with Gasteiger partial charge in [0.2, 0.25) is 0 Å². The molecule has 3 rings (SSSR count). The number of likely N-dealkylation sites (tertiary alicyclic amines) is 1. The SMILES string of the molecule is CC(CCN1CCCCC1)c1ccc(-c2ccccc2Br)cc1. The molecule has 2 aromatic carbocycles. The van der Waals surface area contributed by atoms with Crippen LogP contribution in [0.2, 0.25) is 0 Å². The van der Waals surface area contributed by atoms with Gasteiger partial charge >= 0.3 is 0 Å². The first-order valence-electron chi connectivity index (χ1n) is 8.81. The number of hydrogen-bond acceptors (Lipinski definition) is 1. The van der Waals surface area contributed by atoms with Crippen LogP contribution in [0.25, 0.3) is 11.1 Å². The van der Waals surface area contributed by atoms with Gasteiger partial charge in [-0.1, -0.05) is 71.7 Å². The normalized spacial score (nSPS) is 17.1. The summed E-state index contributed by atoms with van der Waals surface area (Å²) in [7, 11) is 0. The zero-order chi connectivity index (χ0) is 16.1. The fourth-order valence-corrected chi connectivity index (χ4v) is 3.93. The van der Waals surface area contributed by atoms with Gasteiger partial charge < -0.3 is 4.90 Å². The smallest absolute Gasteiger partial charge is 0.0253 e. The summed E-state index contributed by atoms with van der Waals surface area (Å²) in [5.41, 5.74) is 4.00. The summed E-state index contributed by atoms with van der Waals surface area (Å²) in [5, 5.41) is 0. The molecule has 0 amide bonds. The third-order valence-corrected chi connectivity index (χ3v) is 5.68. The summed E-state index contributed by atoms with van der Waals surface area (Å²) < 4.78 is 1.16. The third-order valence-electron chi connectivity index (χ3n) is 4.99. The van der Waals surface area contributed by atoms with Gasteiger partial charge in [0.05, 0.1) is 0 Å². The van der Waals surface area contributed by atoms with Crippen molar-refractivity contribution < 1.29 is 0 Å². The summed E-state index contributed by atoms with van der Waals surface area (Å²) >= 11 is 3.64. The molecule has 2 aromatic rings. The molecule has 1 heterocycles. The quantitative estimate of drug-likeness (QED) is 0.613. The van der Waals surface area contributed by atoms with Crippen LogP contribution in [0, 0.1) is 0 Å². The maximum absolute atomic E-state index is 3.64. The van der Waals surface area contributed by atoms with Gasteiger partial charge in [-0.15, -0.1) is 0 Å². The van der Waals surface area contributed by atoms with Crippen molar-refractivity contribution in [1.29, 1.82) is 0 Å². The fraction of sp³-hybridized carbons (Fsp3) is 0.429. The van der Waals surface area contributed by atoms with Crippen LogP contribution >= 0.6 is 15.9 Å². The summed E-state index contributed by atoms with van der Waals surface area (Å²) in [6.45, 7) is 6.20. The van der Waals surface area contributed by atoms with Crippen molar-refractivity contribution in [3.05, 3.63) is 58.6 Å². The van der Waals surface area contributed by atoms with Crippen LogP contribution in [0.15, 0.2) is 53.0 Å².